The van der Waals surface area contributed by atoms with Crippen LogP contribution in [0, 0.1) is 13.8 Å². The summed E-state index contributed by atoms with van der Waals surface area (Å²) in [5, 5.41) is 11.7. The first kappa shape index (κ1) is 16.1. The molecule has 1 heterocycles. The van der Waals surface area contributed by atoms with E-state index in [-0.39, 0.29) is 0 Å². The molecule has 0 saturated heterocycles. The average Bonchev–Trinajstić information content (AvgIpc) is 2.96. The van der Waals surface area contributed by atoms with Crippen LogP contribution in [0.2, 0.25) is 0 Å². The summed E-state index contributed by atoms with van der Waals surface area (Å²) < 4.78 is 0. The van der Waals surface area contributed by atoms with Crippen LogP contribution < -0.4 is 11.1 Å². The normalized spacial score (nSPS) is 15.6. The molecule has 5 nitrogen and oxygen atoms in total. The van der Waals surface area contributed by atoms with E-state index >= 15 is 0 Å². The molecule has 21 heavy (non-hydrogen) atoms. The van der Waals surface area contributed by atoms with Crippen LogP contribution in [-0.2, 0) is 0 Å². The molecule has 0 bridgehead atoms. The molecular formula is C15H25N5S. The van der Waals surface area contributed by atoms with Crippen molar-refractivity contribution in [2.45, 2.75) is 45.6 Å². The first-order chi connectivity index (χ1) is 10.0. The molecule has 0 atom stereocenters. The van der Waals surface area contributed by atoms with Gasteiger partial charge in [0.05, 0.1) is 11.3 Å². The van der Waals surface area contributed by atoms with Gasteiger partial charge in [-0.3, -0.25) is 0 Å². The fourth-order valence-corrected chi connectivity index (χ4v) is 3.16. The van der Waals surface area contributed by atoms with Gasteiger partial charge in [-0.1, -0.05) is 25.1 Å². The summed E-state index contributed by atoms with van der Waals surface area (Å²) in [4.78, 5) is 2.80. The zero-order valence-electron chi connectivity index (χ0n) is 13.1. The van der Waals surface area contributed by atoms with E-state index in [1.165, 1.54) is 25.7 Å². The molecule has 1 aliphatic carbocycles. The number of hydrogen-bond acceptors (Lipinski definition) is 5. The number of nitrogens with two attached hydrogens (primary N) is 1. The fourth-order valence-electron chi connectivity index (χ4n) is 2.91. The third-order valence-electron chi connectivity index (χ3n) is 4.41. The van der Waals surface area contributed by atoms with Crippen LogP contribution in [0.5, 0.6) is 0 Å². The van der Waals surface area contributed by atoms with Crippen LogP contribution in [0.25, 0.3) is 0 Å². The second kappa shape index (κ2) is 7.13. The Morgan fingerprint density at radius 3 is 2.62 bits per heavy atom. The number of nitrogens with zero attached hydrogens (tertiary/aromatic N) is 3. The van der Waals surface area contributed by atoms with Crippen LogP contribution in [0.15, 0.2) is 0 Å². The van der Waals surface area contributed by atoms with E-state index in [4.69, 9.17) is 18.0 Å². The highest BCUT2D eigenvalue weighted by Gasteiger charge is 2.19. The van der Waals surface area contributed by atoms with E-state index in [1.807, 2.05) is 13.8 Å². The zero-order chi connectivity index (χ0) is 15.4. The summed E-state index contributed by atoms with van der Waals surface area (Å²) in [6, 6.07) is 0.729. The highest BCUT2D eigenvalue weighted by atomic mass is 32.1. The maximum atomic E-state index is 5.83. The van der Waals surface area contributed by atoms with Gasteiger partial charge in [-0.2, -0.15) is 5.10 Å². The third kappa shape index (κ3) is 3.89. The van der Waals surface area contributed by atoms with Gasteiger partial charge in [-0.15, -0.1) is 5.10 Å². The Bertz CT molecular complexity index is 511. The van der Waals surface area contributed by atoms with Crippen LogP contribution >= 0.6 is 12.2 Å². The molecule has 6 heteroatoms. The van der Waals surface area contributed by atoms with Crippen molar-refractivity contribution in [2.75, 3.05) is 25.5 Å². The zero-order valence-corrected chi connectivity index (χ0v) is 14.0. The van der Waals surface area contributed by atoms with Gasteiger partial charge in [0.2, 0.25) is 0 Å². The number of thiocarbonyl (C=S) groups is 1. The minimum Gasteiger partial charge on any atom is -0.389 e. The van der Waals surface area contributed by atoms with Crippen molar-refractivity contribution in [2.24, 2.45) is 5.73 Å². The van der Waals surface area contributed by atoms with E-state index in [2.05, 4.69) is 27.5 Å². The van der Waals surface area contributed by atoms with Crippen molar-refractivity contribution < 1.29 is 0 Å². The van der Waals surface area contributed by atoms with Gasteiger partial charge in [0, 0.05) is 19.1 Å². The van der Waals surface area contributed by atoms with Crippen LogP contribution in [0.1, 0.15) is 42.5 Å². The Morgan fingerprint density at radius 2 is 2.00 bits per heavy atom. The number of aryl methyl sites for hydroxylation is 1. The fraction of sp³-hybridized carbons (Fsp3) is 0.667. The molecule has 3 N–H and O–H groups in total. The second-order valence-electron chi connectivity index (χ2n) is 5.84. The monoisotopic (exact) mass is 307 g/mol. The van der Waals surface area contributed by atoms with Crippen molar-refractivity contribution in [3.63, 3.8) is 0 Å². The Hall–Kier alpha value is -1.27. The molecule has 0 aliphatic heterocycles. The Morgan fingerprint density at radius 1 is 1.33 bits per heavy atom. The molecule has 0 aromatic carbocycles. The minimum absolute atomic E-state index is 0.372. The first-order valence-corrected chi connectivity index (χ1v) is 7.99. The van der Waals surface area contributed by atoms with Gasteiger partial charge in [0.15, 0.2) is 5.82 Å². The van der Waals surface area contributed by atoms with E-state index in [0.717, 1.165) is 36.0 Å². The summed E-state index contributed by atoms with van der Waals surface area (Å²) in [6.45, 7) is 5.70. The highest BCUT2D eigenvalue weighted by molar-refractivity contribution is 7.80. The maximum absolute atomic E-state index is 5.83. The topological polar surface area (TPSA) is 67.1 Å². The van der Waals surface area contributed by atoms with Crippen LogP contribution in [0.4, 0.5) is 5.82 Å². The van der Waals surface area contributed by atoms with E-state index in [9.17, 15) is 0 Å². The summed E-state index contributed by atoms with van der Waals surface area (Å²) in [5.41, 5.74) is 8.52. The minimum atomic E-state index is 0.372. The van der Waals surface area contributed by atoms with Crippen molar-refractivity contribution in [1.82, 2.24) is 15.1 Å². The molecular weight excluding hydrogens is 282 g/mol. The molecule has 116 valence electrons. The number of likely N-dealkylation sites (N-methyl/N-ethyl adjacent to an activating group) is 1. The Kier molecular flexibility index (Phi) is 5.47. The molecule has 2 rings (SSSR count). The number of aromatic nitrogens is 2. The largest absolute Gasteiger partial charge is 0.389 e. The average molecular weight is 307 g/mol. The molecule has 0 unspecified atom stereocenters. The number of anilines is 1. The van der Waals surface area contributed by atoms with E-state index < -0.39 is 0 Å². The second-order valence-corrected chi connectivity index (χ2v) is 6.28. The Balaban J connectivity index is 1.96. The molecule has 1 aliphatic rings. The van der Waals surface area contributed by atoms with Gasteiger partial charge in [0.1, 0.15) is 4.99 Å². The third-order valence-corrected chi connectivity index (χ3v) is 4.61. The van der Waals surface area contributed by atoms with E-state index in [0.29, 0.717) is 10.8 Å². The van der Waals surface area contributed by atoms with Gasteiger partial charge in [-0.25, -0.2) is 0 Å². The molecule has 1 aromatic heterocycles. The lowest BCUT2D eigenvalue weighted by atomic mass is 10.1. The van der Waals surface area contributed by atoms with Gasteiger partial charge < -0.3 is 16.0 Å². The lowest BCUT2D eigenvalue weighted by molar-refractivity contribution is 0.254. The molecule has 1 saturated carbocycles. The SMILES string of the molecule is Cc1nnc(NCCN(C)C2CCCC2)c(C(N)=S)c1C. The number of rotatable bonds is 6. The van der Waals surface area contributed by atoms with E-state index in [1.54, 1.807) is 0 Å². The lowest BCUT2D eigenvalue weighted by Crippen LogP contribution is -2.33. The van der Waals surface area contributed by atoms with Gasteiger partial charge in [0.25, 0.3) is 0 Å². The summed E-state index contributed by atoms with van der Waals surface area (Å²) in [6.07, 6.45) is 5.35. The summed E-state index contributed by atoms with van der Waals surface area (Å²) in [5.74, 6) is 0.699. The van der Waals surface area contributed by atoms with Gasteiger partial charge >= 0.3 is 0 Å². The highest BCUT2D eigenvalue weighted by Crippen LogP contribution is 2.22. The first-order valence-electron chi connectivity index (χ1n) is 7.58. The van der Waals surface area contributed by atoms with Crippen molar-refractivity contribution in [1.29, 1.82) is 0 Å². The molecule has 1 aromatic rings. The summed E-state index contributed by atoms with van der Waals surface area (Å²) >= 11 is 5.15. The molecule has 0 radical (unpaired) electrons. The van der Waals surface area contributed by atoms with Crippen molar-refractivity contribution in [3.8, 4) is 0 Å². The number of nitrogens with one attached hydrogen (secondary N) is 1. The van der Waals surface area contributed by atoms with Gasteiger partial charge in [-0.05, 0) is 39.3 Å². The Labute approximate surface area is 132 Å². The van der Waals surface area contributed by atoms with Crippen molar-refractivity contribution in [3.05, 3.63) is 16.8 Å². The molecule has 0 spiro atoms. The smallest absolute Gasteiger partial charge is 0.159 e. The molecule has 0 amide bonds. The van der Waals surface area contributed by atoms with Crippen LogP contribution in [-0.4, -0.2) is 46.3 Å². The molecule has 1 fully saturated rings. The standard InChI is InChI=1S/C15H25N5S/c1-10-11(2)18-19-15(13(10)14(16)21)17-8-9-20(3)12-6-4-5-7-12/h12H,4-9H2,1-3H3,(H2,16,21)(H,17,19). The number of hydrogen-bond donors (Lipinski definition) is 2. The predicted molar refractivity (Wildman–Crippen MR) is 90.8 cm³/mol. The predicted octanol–water partition coefficient (Wildman–Crippen LogP) is 2.01. The summed E-state index contributed by atoms with van der Waals surface area (Å²) in [7, 11) is 2.19. The lowest BCUT2D eigenvalue weighted by Gasteiger charge is -2.24. The van der Waals surface area contributed by atoms with Crippen molar-refractivity contribution >= 4 is 23.0 Å². The quantitative estimate of drug-likeness (QED) is 0.784. The van der Waals surface area contributed by atoms with Crippen LogP contribution in [0.3, 0.4) is 0 Å². The maximum Gasteiger partial charge on any atom is 0.159 e.